The van der Waals surface area contributed by atoms with Gasteiger partial charge in [-0.05, 0) is 31.0 Å². The number of para-hydroxylation sites is 1. The van der Waals surface area contributed by atoms with E-state index < -0.39 is 60.2 Å². The van der Waals surface area contributed by atoms with Crippen LogP contribution in [0.15, 0.2) is 43.0 Å². The van der Waals surface area contributed by atoms with Crippen LogP contribution in [0.5, 0.6) is 0 Å². The van der Waals surface area contributed by atoms with E-state index >= 15 is 0 Å². The second kappa shape index (κ2) is 12.9. The quantitative estimate of drug-likeness (QED) is 0.136. The van der Waals surface area contributed by atoms with E-state index in [1.807, 2.05) is 24.3 Å². The molecule has 1 saturated heterocycles. The van der Waals surface area contributed by atoms with E-state index in [2.05, 4.69) is 36.2 Å². The summed E-state index contributed by atoms with van der Waals surface area (Å²) in [5.41, 5.74) is 1.97. The molecule has 14 nitrogen and oxygen atoms in total. The number of aliphatic carboxylic acids is 2. The van der Waals surface area contributed by atoms with Gasteiger partial charge in [-0.3, -0.25) is 19.2 Å². The molecule has 14 heteroatoms. The van der Waals surface area contributed by atoms with Crippen LogP contribution in [-0.4, -0.2) is 85.5 Å². The summed E-state index contributed by atoms with van der Waals surface area (Å²) in [4.78, 5) is 72.4. The van der Waals surface area contributed by atoms with E-state index in [-0.39, 0.29) is 12.8 Å². The van der Waals surface area contributed by atoms with Crippen molar-refractivity contribution in [3.05, 3.63) is 54.2 Å². The first-order valence-electron chi connectivity index (χ1n) is 12.8. The Bertz CT molecular complexity index is 1360. The topological polar surface area (TPSA) is 218 Å². The molecule has 0 aliphatic carbocycles. The highest BCUT2D eigenvalue weighted by Gasteiger charge is 2.33. The number of hydrogen-bond acceptors (Lipinski definition) is 7. The Hall–Kier alpha value is -4.72. The minimum absolute atomic E-state index is 0.0259. The number of nitrogens with zero attached hydrogens (tertiary/aromatic N) is 1. The first-order valence-corrected chi connectivity index (χ1v) is 12.8. The number of carboxylic acids is 2. The molecule has 0 bridgehead atoms. The van der Waals surface area contributed by atoms with Crippen molar-refractivity contribution in [3.8, 4) is 0 Å². The van der Waals surface area contributed by atoms with Gasteiger partial charge in [-0.25, -0.2) is 9.78 Å². The fourth-order valence-electron chi connectivity index (χ4n) is 4.66. The molecule has 1 aromatic carbocycles. The van der Waals surface area contributed by atoms with Gasteiger partial charge < -0.3 is 41.4 Å². The minimum Gasteiger partial charge on any atom is -0.481 e. The summed E-state index contributed by atoms with van der Waals surface area (Å²) < 4.78 is 0. The molecule has 0 spiro atoms. The van der Waals surface area contributed by atoms with Gasteiger partial charge in [-0.2, -0.15) is 0 Å². The number of carbonyl (C=O) groups is 5. The summed E-state index contributed by atoms with van der Waals surface area (Å²) >= 11 is 0. The predicted octanol–water partition coefficient (Wildman–Crippen LogP) is -0.558. The zero-order valence-corrected chi connectivity index (χ0v) is 21.5. The molecule has 1 aliphatic rings. The van der Waals surface area contributed by atoms with Crippen molar-refractivity contribution in [1.82, 2.24) is 36.2 Å². The molecule has 2 aromatic heterocycles. The van der Waals surface area contributed by atoms with Crippen molar-refractivity contribution in [2.75, 3.05) is 6.54 Å². The zero-order valence-electron chi connectivity index (χ0n) is 21.5. The Balaban J connectivity index is 1.50. The lowest BCUT2D eigenvalue weighted by atomic mass is 10.0. The molecule has 0 unspecified atom stereocenters. The summed E-state index contributed by atoms with van der Waals surface area (Å²) in [6.07, 6.45) is 4.99. The van der Waals surface area contributed by atoms with Crippen LogP contribution in [0.2, 0.25) is 0 Å². The highest BCUT2D eigenvalue weighted by molar-refractivity contribution is 5.96. The van der Waals surface area contributed by atoms with Crippen LogP contribution in [0.3, 0.4) is 0 Å². The average molecular weight is 554 g/mol. The van der Waals surface area contributed by atoms with Crippen molar-refractivity contribution in [2.24, 2.45) is 0 Å². The van der Waals surface area contributed by atoms with E-state index in [1.54, 1.807) is 6.20 Å². The SMILES string of the molecule is O=C(O)C[C@H](NC(=O)[C@@H]1CCCN1)C(=O)N[C@@H](Cc1cnc[nH]1)C(=O)N[C@@H](Cc1c[nH]c2ccccc12)C(=O)O. The maximum absolute atomic E-state index is 13.3. The van der Waals surface area contributed by atoms with E-state index in [0.29, 0.717) is 24.2 Å². The fourth-order valence-corrected chi connectivity index (χ4v) is 4.66. The van der Waals surface area contributed by atoms with E-state index in [4.69, 9.17) is 0 Å². The molecule has 1 fully saturated rings. The molecular weight excluding hydrogens is 522 g/mol. The summed E-state index contributed by atoms with van der Waals surface area (Å²) in [5.74, 6) is -4.80. The third-order valence-electron chi connectivity index (χ3n) is 6.71. The molecule has 4 rings (SSSR count). The number of carbonyl (C=O) groups excluding carboxylic acids is 3. The second-order valence-electron chi connectivity index (χ2n) is 9.61. The number of benzene rings is 1. The number of aromatic nitrogens is 3. The summed E-state index contributed by atoms with van der Waals surface area (Å²) in [6, 6.07) is 2.72. The summed E-state index contributed by atoms with van der Waals surface area (Å²) in [7, 11) is 0. The van der Waals surface area contributed by atoms with E-state index in [0.717, 1.165) is 17.3 Å². The van der Waals surface area contributed by atoms with Crippen molar-refractivity contribution in [1.29, 1.82) is 0 Å². The fraction of sp³-hybridized carbons (Fsp3) is 0.385. The minimum atomic E-state index is -1.45. The maximum Gasteiger partial charge on any atom is 0.326 e. The van der Waals surface area contributed by atoms with Crippen LogP contribution >= 0.6 is 0 Å². The van der Waals surface area contributed by atoms with Gasteiger partial charge >= 0.3 is 11.9 Å². The Morgan fingerprint density at radius 2 is 1.70 bits per heavy atom. The third kappa shape index (κ3) is 7.22. The normalized spacial score (nSPS) is 17.1. The number of amides is 3. The van der Waals surface area contributed by atoms with Crippen LogP contribution in [0, 0.1) is 0 Å². The number of imidazole rings is 1. The molecule has 3 amide bonds. The van der Waals surface area contributed by atoms with Gasteiger partial charge in [0, 0.05) is 41.8 Å². The Kier molecular flexibility index (Phi) is 9.11. The highest BCUT2D eigenvalue weighted by Crippen LogP contribution is 2.19. The lowest BCUT2D eigenvalue weighted by Crippen LogP contribution is -2.58. The van der Waals surface area contributed by atoms with Crippen molar-refractivity contribution >= 4 is 40.6 Å². The van der Waals surface area contributed by atoms with Gasteiger partial charge in [0.1, 0.15) is 18.1 Å². The van der Waals surface area contributed by atoms with E-state index in [1.165, 1.54) is 12.5 Å². The molecule has 3 aromatic rings. The molecule has 1 aliphatic heterocycles. The molecular formula is C26H31N7O7. The number of hydrogen-bond donors (Lipinski definition) is 8. The number of rotatable bonds is 13. The van der Waals surface area contributed by atoms with E-state index in [9.17, 15) is 34.2 Å². The highest BCUT2D eigenvalue weighted by atomic mass is 16.4. The Morgan fingerprint density at radius 1 is 0.950 bits per heavy atom. The van der Waals surface area contributed by atoms with Gasteiger partial charge in [-0.15, -0.1) is 0 Å². The number of nitrogens with one attached hydrogen (secondary N) is 6. The number of H-pyrrole nitrogens is 2. The van der Waals surface area contributed by atoms with Crippen LogP contribution in [0.25, 0.3) is 10.9 Å². The molecule has 40 heavy (non-hydrogen) atoms. The first-order chi connectivity index (χ1) is 19.2. The molecule has 212 valence electrons. The number of aromatic amines is 2. The average Bonchev–Trinajstić information content (AvgIpc) is 3.70. The maximum atomic E-state index is 13.3. The second-order valence-corrected chi connectivity index (χ2v) is 9.61. The van der Waals surface area contributed by atoms with Crippen molar-refractivity contribution in [2.45, 2.75) is 56.3 Å². The molecule has 3 heterocycles. The largest absolute Gasteiger partial charge is 0.481 e. The Labute approximate surface area is 228 Å². The molecule has 0 radical (unpaired) electrons. The van der Waals surface area contributed by atoms with Gasteiger partial charge in [-0.1, -0.05) is 18.2 Å². The predicted molar refractivity (Wildman–Crippen MR) is 141 cm³/mol. The van der Waals surface area contributed by atoms with Crippen LogP contribution < -0.4 is 21.3 Å². The molecule has 8 N–H and O–H groups in total. The lowest BCUT2D eigenvalue weighted by Gasteiger charge is -2.24. The van der Waals surface area contributed by atoms with Crippen molar-refractivity contribution in [3.63, 3.8) is 0 Å². The smallest absolute Gasteiger partial charge is 0.326 e. The van der Waals surface area contributed by atoms with Gasteiger partial charge in [0.05, 0.1) is 18.8 Å². The third-order valence-corrected chi connectivity index (χ3v) is 6.71. The zero-order chi connectivity index (χ0) is 28.6. The standard InChI is InChI=1S/C26H31N7O7/c34-22(35)10-20(32-23(36)18-6-3-7-28-18)25(38)31-19(9-15-12-27-13-30-15)24(37)33-21(26(39)40)8-14-11-29-17-5-2-1-4-16(14)17/h1-2,4-5,11-13,18-21,28-29H,3,6-10H2,(H,27,30)(H,31,38)(H,32,36)(H,33,37)(H,34,35)(H,39,40)/t18-,19-,20-,21-/m0/s1. The number of fused-ring (bicyclic) bond motifs is 1. The molecule has 4 atom stereocenters. The van der Waals surface area contributed by atoms with Gasteiger partial charge in [0.15, 0.2) is 0 Å². The van der Waals surface area contributed by atoms with Crippen LogP contribution in [0.4, 0.5) is 0 Å². The van der Waals surface area contributed by atoms with Gasteiger partial charge in [0.2, 0.25) is 17.7 Å². The van der Waals surface area contributed by atoms with Crippen molar-refractivity contribution < 1.29 is 34.2 Å². The first kappa shape index (κ1) is 28.3. The number of carboxylic acid groups (broad SMARTS) is 2. The summed E-state index contributed by atoms with van der Waals surface area (Å²) in [5, 5.41) is 30.4. The summed E-state index contributed by atoms with van der Waals surface area (Å²) in [6.45, 7) is 0.629. The Morgan fingerprint density at radius 3 is 2.38 bits per heavy atom. The van der Waals surface area contributed by atoms with Crippen LogP contribution in [-0.2, 0) is 36.8 Å². The van der Waals surface area contributed by atoms with Crippen LogP contribution in [0.1, 0.15) is 30.5 Å². The monoisotopic (exact) mass is 553 g/mol. The lowest BCUT2D eigenvalue weighted by molar-refractivity contribution is -0.143. The molecule has 0 saturated carbocycles. The van der Waals surface area contributed by atoms with Gasteiger partial charge in [0.25, 0.3) is 0 Å².